The minimum atomic E-state index is 0.235. The Kier molecular flexibility index (Phi) is 10.9. The summed E-state index contributed by atoms with van der Waals surface area (Å²) < 4.78 is 0. The molecule has 3 heteroatoms. The van der Waals surface area contributed by atoms with Crippen molar-refractivity contribution >= 4 is 0 Å². The van der Waals surface area contributed by atoms with Gasteiger partial charge >= 0.3 is 0 Å². The van der Waals surface area contributed by atoms with E-state index in [2.05, 4.69) is 30.6 Å². The third-order valence-electron chi connectivity index (χ3n) is 2.49. The molecule has 0 aromatic carbocycles. The maximum atomic E-state index is 8.98. The molecule has 0 bridgehead atoms. The molecular formula is C13H28N2O. The molecule has 0 heterocycles. The van der Waals surface area contributed by atoms with Gasteiger partial charge < -0.3 is 10.4 Å². The van der Waals surface area contributed by atoms with E-state index in [1.165, 1.54) is 18.4 Å². The lowest BCUT2D eigenvalue weighted by atomic mass is 10.2. The summed E-state index contributed by atoms with van der Waals surface area (Å²) >= 11 is 0. The number of hydrogen-bond donors (Lipinski definition) is 2. The summed E-state index contributed by atoms with van der Waals surface area (Å²) in [6.07, 6.45) is 3.54. The van der Waals surface area contributed by atoms with Crippen LogP contribution in [0.1, 0.15) is 33.1 Å². The van der Waals surface area contributed by atoms with Crippen molar-refractivity contribution in [3.63, 3.8) is 0 Å². The first kappa shape index (κ1) is 15.6. The Labute approximate surface area is 101 Å². The summed E-state index contributed by atoms with van der Waals surface area (Å²) in [4.78, 5) is 2.28. The van der Waals surface area contributed by atoms with Gasteiger partial charge in [0.1, 0.15) is 0 Å². The highest BCUT2D eigenvalue weighted by Crippen LogP contribution is 1.99. The first-order valence-corrected chi connectivity index (χ1v) is 6.45. The average molecular weight is 228 g/mol. The third-order valence-corrected chi connectivity index (χ3v) is 2.49. The molecule has 0 saturated heterocycles. The molecule has 0 saturated carbocycles. The molecule has 0 radical (unpaired) electrons. The van der Waals surface area contributed by atoms with Crippen LogP contribution in [0.4, 0.5) is 0 Å². The molecule has 0 aromatic rings. The highest BCUT2D eigenvalue weighted by molar-refractivity contribution is 4.99. The maximum absolute atomic E-state index is 8.98. The van der Waals surface area contributed by atoms with Gasteiger partial charge in [-0.1, -0.05) is 26.8 Å². The van der Waals surface area contributed by atoms with Gasteiger partial charge in [-0.2, -0.15) is 0 Å². The van der Waals surface area contributed by atoms with Gasteiger partial charge in [-0.15, -0.1) is 0 Å². The molecule has 16 heavy (non-hydrogen) atoms. The maximum Gasteiger partial charge on any atom is 0.0558 e. The van der Waals surface area contributed by atoms with Crippen molar-refractivity contribution in [2.45, 2.75) is 33.1 Å². The minimum Gasteiger partial charge on any atom is -0.395 e. The molecule has 0 spiro atoms. The molecule has 0 unspecified atom stereocenters. The number of unbranched alkanes of at least 4 members (excludes halogenated alkanes) is 1. The van der Waals surface area contributed by atoms with Crippen LogP contribution in [0, 0.1) is 0 Å². The molecule has 0 aromatic heterocycles. The van der Waals surface area contributed by atoms with Crippen molar-refractivity contribution in [2.24, 2.45) is 0 Å². The molecule has 0 rings (SSSR count). The first-order chi connectivity index (χ1) is 7.74. The lowest BCUT2D eigenvalue weighted by Gasteiger charge is -2.22. The van der Waals surface area contributed by atoms with E-state index in [4.69, 9.17) is 5.11 Å². The van der Waals surface area contributed by atoms with Gasteiger partial charge in [0.15, 0.2) is 0 Å². The fourth-order valence-electron chi connectivity index (χ4n) is 1.61. The Morgan fingerprint density at radius 1 is 1.25 bits per heavy atom. The van der Waals surface area contributed by atoms with Crippen molar-refractivity contribution in [1.29, 1.82) is 0 Å². The van der Waals surface area contributed by atoms with E-state index in [0.717, 1.165) is 39.1 Å². The quantitative estimate of drug-likeness (QED) is 0.417. The molecule has 0 atom stereocenters. The molecular weight excluding hydrogens is 200 g/mol. The number of rotatable bonds is 11. The molecule has 2 N–H and O–H groups in total. The highest BCUT2D eigenvalue weighted by Gasteiger charge is 2.05. The third kappa shape index (κ3) is 8.89. The van der Waals surface area contributed by atoms with Gasteiger partial charge in [0.05, 0.1) is 6.61 Å². The number of hydrogen-bond acceptors (Lipinski definition) is 3. The second kappa shape index (κ2) is 11.1. The predicted molar refractivity (Wildman–Crippen MR) is 70.7 cm³/mol. The smallest absolute Gasteiger partial charge is 0.0558 e. The first-order valence-electron chi connectivity index (χ1n) is 6.45. The SMILES string of the molecule is C=C(CNCCC)CN(CCO)CCCC. The Morgan fingerprint density at radius 2 is 2.00 bits per heavy atom. The summed E-state index contributed by atoms with van der Waals surface area (Å²) in [7, 11) is 0. The average Bonchev–Trinajstić information content (AvgIpc) is 2.26. The van der Waals surface area contributed by atoms with Gasteiger partial charge in [-0.3, -0.25) is 4.90 Å². The van der Waals surface area contributed by atoms with E-state index in [1.54, 1.807) is 0 Å². The van der Waals surface area contributed by atoms with Gasteiger partial charge in [-0.25, -0.2) is 0 Å². The van der Waals surface area contributed by atoms with Crippen LogP contribution in [0.3, 0.4) is 0 Å². The Morgan fingerprint density at radius 3 is 2.56 bits per heavy atom. The van der Waals surface area contributed by atoms with Crippen LogP contribution in [0.5, 0.6) is 0 Å². The summed E-state index contributed by atoms with van der Waals surface area (Å²) in [5.41, 5.74) is 1.21. The zero-order valence-electron chi connectivity index (χ0n) is 11.0. The lowest BCUT2D eigenvalue weighted by Crippen LogP contribution is -2.32. The number of aliphatic hydroxyl groups is 1. The van der Waals surface area contributed by atoms with Crippen LogP contribution < -0.4 is 5.32 Å². The van der Waals surface area contributed by atoms with E-state index < -0.39 is 0 Å². The summed E-state index contributed by atoms with van der Waals surface area (Å²) in [5, 5.41) is 12.3. The van der Waals surface area contributed by atoms with Crippen molar-refractivity contribution in [3.8, 4) is 0 Å². The molecule has 3 nitrogen and oxygen atoms in total. The molecule has 0 aliphatic rings. The van der Waals surface area contributed by atoms with Crippen LogP contribution in [-0.4, -0.2) is 49.3 Å². The Balaban J connectivity index is 3.73. The van der Waals surface area contributed by atoms with Crippen LogP contribution in [0.15, 0.2) is 12.2 Å². The minimum absolute atomic E-state index is 0.235. The summed E-state index contributed by atoms with van der Waals surface area (Å²) in [5.74, 6) is 0. The summed E-state index contributed by atoms with van der Waals surface area (Å²) in [6, 6.07) is 0. The van der Waals surface area contributed by atoms with Crippen LogP contribution >= 0.6 is 0 Å². The van der Waals surface area contributed by atoms with Gasteiger partial charge in [0.25, 0.3) is 0 Å². The van der Waals surface area contributed by atoms with Crippen molar-refractivity contribution < 1.29 is 5.11 Å². The number of aliphatic hydroxyl groups excluding tert-OH is 1. The largest absolute Gasteiger partial charge is 0.395 e. The molecule has 96 valence electrons. The zero-order valence-corrected chi connectivity index (χ0v) is 11.0. The van der Waals surface area contributed by atoms with Crippen LogP contribution in [0.25, 0.3) is 0 Å². The normalized spacial score (nSPS) is 11.0. The fourth-order valence-corrected chi connectivity index (χ4v) is 1.61. The molecule has 0 aliphatic carbocycles. The van der Waals surface area contributed by atoms with Gasteiger partial charge in [-0.05, 0) is 31.5 Å². The van der Waals surface area contributed by atoms with E-state index in [1.807, 2.05) is 0 Å². The van der Waals surface area contributed by atoms with Gasteiger partial charge in [0.2, 0.25) is 0 Å². The van der Waals surface area contributed by atoms with Crippen molar-refractivity contribution in [1.82, 2.24) is 10.2 Å². The fraction of sp³-hybridized carbons (Fsp3) is 0.846. The lowest BCUT2D eigenvalue weighted by molar-refractivity contribution is 0.203. The standard InChI is InChI=1S/C13H28N2O/c1-4-6-8-15(9-10-16)12-13(3)11-14-7-5-2/h14,16H,3-12H2,1-2H3. The molecule has 0 amide bonds. The monoisotopic (exact) mass is 228 g/mol. The second-order valence-electron chi connectivity index (χ2n) is 4.28. The number of nitrogens with zero attached hydrogens (tertiary/aromatic N) is 1. The number of nitrogens with one attached hydrogen (secondary N) is 1. The molecule has 0 fully saturated rings. The van der Waals surface area contributed by atoms with E-state index in [0.29, 0.717) is 0 Å². The topological polar surface area (TPSA) is 35.5 Å². The summed E-state index contributed by atoms with van der Waals surface area (Å²) in [6.45, 7) is 13.3. The van der Waals surface area contributed by atoms with Crippen molar-refractivity contribution in [2.75, 3.05) is 39.3 Å². The zero-order chi connectivity index (χ0) is 12.2. The van der Waals surface area contributed by atoms with Crippen LogP contribution in [-0.2, 0) is 0 Å². The van der Waals surface area contributed by atoms with E-state index in [9.17, 15) is 0 Å². The van der Waals surface area contributed by atoms with E-state index >= 15 is 0 Å². The predicted octanol–water partition coefficient (Wildman–Crippen LogP) is 1.64. The van der Waals surface area contributed by atoms with E-state index in [-0.39, 0.29) is 6.61 Å². The van der Waals surface area contributed by atoms with Crippen molar-refractivity contribution in [3.05, 3.63) is 12.2 Å². The molecule has 0 aliphatic heterocycles. The van der Waals surface area contributed by atoms with Gasteiger partial charge in [0, 0.05) is 19.6 Å². The highest BCUT2D eigenvalue weighted by atomic mass is 16.3. The Bertz CT molecular complexity index is 171. The Hall–Kier alpha value is -0.380. The van der Waals surface area contributed by atoms with Crippen LogP contribution in [0.2, 0.25) is 0 Å². The second-order valence-corrected chi connectivity index (χ2v) is 4.28.